The highest BCUT2D eigenvalue weighted by Crippen LogP contribution is 2.28. The Morgan fingerprint density at radius 2 is 1.58 bits per heavy atom. The van der Waals surface area contributed by atoms with Crippen molar-refractivity contribution in [2.45, 2.75) is 39.8 Å². The summed E-state index contributed by atoms with van der Waals surface area (Å²) in [6, 6.07) is 8.30. The van der Waals surface area contributed by atoms with Gasteiger partial charge in [0, 0.05) is 23.1 Å². The molecule has 0 saturated carbocycles. The zero-order chi connectivity index (χ0) is 27.2. The summed E-state index contributed by atoms with van der Waals surface area (Å²) in [6.07, 6.45) is 1.28. The number of halogens is 4. The average molecular weight is 597 g/mol. The van der Waals surface area contributed by atoms with Crippen LogP contribution in [0.25, 0.3) is 0 Å². The third-order valence-corrected chi connectivity index (χ3v) is 7.54. The molecule has 36 heavy (non-hydrogen) atoms. The molecule has 0 heterocycles. The maximum Gasteiger partial charge on any atom is 0.244 e. The number of nitrogens with one attached hydrogen (secondary N) is 1. The Morgan fingerprint density at radius 3 is 2.08 bits per heavy atom. The van der Waals surface area contributed by atoms with Crippen molar-refractivity contribution in [3.8, 4) is 0 Å². The molecule has 0 aliphatic carbocycles. The van der Waals surface area contributed by atoms with Gasteiger partial charge in [0.2, 0.25) is 21.8 Å². The third-order valence-electron chi connectivity index (χ3n) is 5.22. The van der Waals surface area contributed by atoms with Crippen LogP contribution in [0.4, 0.5) is 5.69 Å². The lowest BCUT2D eigenvalue weighted by molar-refractivity contribution is -0.140. The van der Waals surface area contributed by atoms with Gasteiger partial charge < -0.3 is 10.2 Å². The second-order valence-corrected chi connectivity index (χ2v) is 12.3. The first-order chi connectivity index (χ1) is 16.7. The van der Waals surface area contributed by atoms with Crippen LogP contribution in [0, 0.1) is 5.92 Å². The summed E-state index contributed by atoms with van der Waals surface area (Å²) >= 11 is 24.3. The van der Waals surface area contributed by atoms with Crippen molar-refractivity contribution in [1.82, 2.24) is 10.2 Å². The molecule has 0 fully saturated rings. The van der Waals surface area contributed by atoms with Gasteiger partial charge in [-0.1, -0.05) is 73.2 Å². The Labute approximate surface area is 232 Å². The van der Waals surface area contributed by atoms with E-state index in [0.717, 1.165) is 10.6 Å². The highest BCUT2D eigenvalue weighted by atomic mass is 35.5. The molecular weight excluding hydrogens is 568 g/mol. The fourth-order valence-electron chi connectivity index (χ4n) is 3.47. The number of hydrogen-bond donors (Lipinski definition) is 1. The lowest BCUT2D eigenvalue weighted by Crippen LogP contribution is -2.52. The minimum absolute atomic E-state index is 0.0111. The van der Waals surface area contributed by atoms with Crippen molar-refractivity contribution in [2.24, 2.45) is 5.92 Å². The smallest absolute Gasteiger partial charge is 0.244 e. The lowest BCUT2D eigenvalue weighted by Gasteiger charge is -2.33. The van der Waals surface area contributed by atoms with Crippen LogP contribution in [0.3, 0.4) is 0 Å². The molecule has 2 aromatic rings. The predicted molar refractivity (Wildman–Crippen MR) is 148 cm³/mol. The summed E-state index contributed by atoms with van der Waals surface area (Å²) in [5.41, 5.74) is 0.764. The van der Waals surface area contributed by atoms with Crippen molar-refractivity contribution >= 4 is 73.9 Å². The summed E-state index contributed by atoms with van der Waals surface area (Å²) in [7, 11) is -3.91. The summed E-state index contributed by atoms with van der Waals surface area (Å²) in [5, 5.41) is 3.93. The number of carbonyl (C=O) groups is 2. The lowest BCUT2D eigenvalue weighted by atomic mass is 10.1. The van der Waals surface area contributed by atoms with Gasteiger partial charge in [0.1, 0.15) is 12.6 Å². The quantitative estimate of drug-likeness (QED) is 0.363. The van der Waals surface area contributed by atoms with Crippen LogP contribution in [0.1, 0.15) is 32.8 Å². The summed E-state index contributed by atoms with van der Waals surface area (Å²) in [5.74, 6) is -0.718. The van der Waals surface area contributed by atoms with Crippen molar-refractivity contribution < 1.29 is 18.0 Å². The molecule has 198 valence electrons. The van der Waals surface area contributed by atoms with Gasteiger partial charge in [-0.25, -0.2) is 8.42 Å². The van der Waals surface area contributed by atoms with E-state index < -0.39 is 28.5 Å². The van der Waals surface area contributed by atoms with Crippen LogP contribution in [0.15, 0.2) is 36.4 Å². The van der Waals surface area contributed by atoms with Crippen LogP contribution in [0.2, 0.25) is 20.1 Å². The normalized spacial score (nSPS) is 12.4. The highest BCUT2D eigenvalue weighted by Gasteiger charge is 2.32. The first-order valence-corrected chi connectivity index (χ1v) is 14.5. The zero-order valence-corrected chi connectivity index (χ0v) is 24.2. The van der Waals surface area contributed by atoms with E-state index in [1.807, 2.05) is 13.8 Å². The number of nitrogens with zero attached hydrogens (tertiary/aromatic N) is 2. The monoisotopic (exact) mass is 595 g/mol. The Kier molecular flexibility index (Phi) is 11.2. The predicted octanol–water partition coefficient (Wildman–Crippen LogP) is 5.65. The standard InChI is InChI=1S/C24H29Cl4N3O4S/c1-5-22(24(33)29-12-15(2)3)30(13-16-6-7-20(27)21(28)8-16)23(32)14-31(36(4,34)35)19-10-17(25)9-18(26)11-19/h6-11,15,22H,5,12-14H2,1-4H3,(H,29,33). The first-order valence-electron chi connectivity index (χ1n) is 11.2. The van der Waals surface area contributed by atoms with Crippen LogP contribution in [0.5, 0.6) is 0 Å². The molecule has 0 aromatic heterocycles. The Morgan fingerprint density at radius 1 is 0.972 bits per heavy atom. The van der Waals surface area contributed by atoms with E-state index in [-0.39, 0.29) is 34.1 Å². The molecule has 1 unspecified atom stereocenters. The largest absolute Gasteiger partial charge is 0.354 e. The zero-order valence-electron chi connectivity index (χ0n) is 20.4. The van der Waals surface area contributed by atoms with Gasteiger partial charge in [-0.05, 0) is 48.2 Å². The van der Waals surface area contributed by atoms with Gasteiger partial charge in [-0.2, -0.15) is 0 Å². The van der Waals surface area contributed by atoms with E-state index in [2.05, 4.69) is 5.32 Å². The van der Waals surface area contributed by atoms with Crippen LogP contribution in [-0.4, -0.2) is 50.5 Å². The summed E-state index contributed by atoms with van der Waals surface area (Å²) in [6.45, 7) is 5.57. The first kappa shape index (κ1) is 30.5. The molecule has 0 radical (unpaired) electrons. The molecule has 12 heteroatoms. The van der Waals surface area contributed by atoms with Gasteiger partial charge in [0.15, 0.2) is 0 Å². The van der Waals surface area contributed by atoms with Gasteiger partial charge in [0.05, 0.1) is 22.0 Å². The third kappa shape index (κ3) is 8.70. The van der Waals surface area contributed by atoms with Crippen LogP contribution >= 0.6 is 46.4 Å². The van der Waals surface area contributed by atoms with E-state index in [9.17, 15) is 18.0 Å². The summed E-state index contributed by atoms with van der Waals surface area (Å²) in [4.78, 5) is 28.1. The molecule has 0 aliphatic heterocycles. The number of anilines is 1. The minimum atomic E-state index is -3.91. The molecule has 2 rings (SSSR count). The average Bonchev–Trinajstić information content (AvgIpc) is 2.76. The summed E-state index contributed by atoms with van der Waals surface area (Å²) < 4.78 is 26.2. The van der Waals surface area contributed by atoms with Crippen LogP contribution < -0.4 is 9.62 Å². The van der Waals surface area contributed by atoms with E-state index >= 15 is 0 Å². The number of amides is 2. The molecule has 0 aliphatic rings. The van der Waals surface area contributed by atoms with Crippen molar-refractivity contribution in [1.29, 1.82) is 0 Å². The van der Waals surface area contributed by atoms with Crippen molar-refractivity contribution in [3.63, 3.8) is 0 Å². The minimum Gasteiger partial charge on any atom is -0.354 e. The molecule has 0 spiro atoms. The molecular formula is C24H29Cl4N3O4S. The molecule has 1 atom stereocenters. The molecule has 0 saturated heterocycles. The topological polar surface area (TPSA) is 86.8 Å². The van der Waals surface area contributed by atoms with E-state index in [0.29, 0.717) is 28.6 Å². The Hall–Kier alpha value is -1.71. The Bertz CT molecular complexity index is 1190. The van der Waals surface area contributed by atoms with Crippen LogP contribution in [-0.2, 0) is 26.2 Å². The Balaban J connectivity index is 2.48. The van der Waals surface area contributed by atoms with Crippen molar-refractivity contribution in [3.05, 3.63) is 62.1 Å². The number of rotatable bonds is 11. The number of hydrogen-bond acceptors (Lipinski definition) is 4. The van der Waals surface area contributed by atoms with Gasteiger partial charge in [0.25, 0.3) is 0 Å². The molecule has 7 nitrogen and oxygen atoms in total. The van der Waals surface area contributed by atoms with E-state index in [1.165, 1.54) is 23.1 Å². The van der Waals surface area contributed by atoms with Crippen molar-refractivity contribution in [2.75, 3.05) is 23.7 Å². The molecule has 0 bridgehead atoms. The molecule has 1 N–H and O–H groups in total. The molecule has 2 amide bonds. The van der Waals surface area contributed by atoms with E-state index in [1.54, 1.807) is 25.1 Å². The SMILES string of the molecule is CCC(C(=O)NCC(C)C)N(Cc1ccc(Cl)c(Cl)c1)C(=O)CN(c1cc(Cl)cc(Cl)c1)S(C)(=O)=O. The highest BCUT2D eigenvalue weighted by molar-refractivity contribution is 7.92. The number of benzene rings is 2. The van der Waals surface area contributed by atoms with Gasteiger partial charge >= 0.3 is 0 Å². The molecule has 2 aromatic carbocycles. The maximum absolute atomic E-state index is 13.7. The number of sulfonamides is 1. The van der Waals surface area contributed by atoms with Gasteiger partial charge in [-0.15, -0.1) is 0 Å². The maximum atomic E-state index is 13.7. The second-order valence-electron chi connectivity index (χ2n) is 8.73. The number of carbonyl (C=O) groups excluding carboxylic acids is 2. The van der Waals surface area contributed by atoms with E-state index in [4.69, 9.17) is 46.4 Å². The fraction of sp³-hybridized carbons (Fsp3) is 0.417. The van der Waals surface area contributed by atoms with Gasteiger partial charge in [-0.3, -0.25) is 13.9 Å². The second kappa shape index (κ2) is 13.2. The fourth-order valence-corrected chi connectivity index (χ4v) is 5.14.